The highest BCUT2D eigenvalue weighted by Crippen LogP contribution is 2.26. The van der Waals surface area contributed by atoms with Gasteiger partial charge in [-0.05, 0) is 25.1 Å². The molecule has 116 valence electrons. The molecule has 0 fully saturated rings. The molecule has 1 aromatic rings. The summed E-state index contributed by atoms with van der Waals surface area (Å²) in [7, 11) is -2.38. The van der Waals surface area contributed by atoms with E-state index in [0.717, 1.165) is 4.31 Å². The minimum absolute atomic E-state index is 0.0281. The summed E-state index contributed by atoms with van der Waals surface area (Å²) in [5.41, 5.74) is 0.574. The van der Waals surface area contributed by atoms with Crippen molar-refractivity contribution in [2.24, 2.45) is 0 Å². The molecule has 0 aromatic heterocycles. The summed E-state index contributed by atoms with van der Waals surface area (Å²) in [6, 6.07) is 3.87. The average molecular weight is 332 g/mol. The van der Waals surface area contributed by atoms with Crippen molar-refractivity contribution >= 4 is 21.6 Å². The Hall–Kier alpha value is -1.10. The maximum absolute atomic E-state index is 12.4. The lowest BCUT2D eigenvalue weighted by Gasteiger charge is -2.23. The predicted molar refractivity (Wildman–Crippen MR) is 81.5 cm³/mol. The lowest BCUT2D eigenvalue weighted by Crippen LogP contribution is -2.37. The molecule has 1 atom stereocenters. The number of halogens is 1. The van der Waals surface area contributed by atoms with E-state index in [1.807, 2.05) is 0 Å². The van der Waals surface area contributed by atoms with Crippen molar-refractivity contribution in [3.8, 4) is 11.8 Å². The zero-order valence-electron chi connectivity index (χ0n) is 11.9. The molecular weight excluding hydrogens is 314 g/mol. The number of aliphatic hydroxyl groups is 2. The van der Waals surface area contributed by atoms with Gasteiger partial charge < -0.3 is 10.2 Å². The zero-order valence-corrected chi connectivity index (χ0v) is 13.4. The smallest absolute Gasteiger partial charge is 0.244 e. The third kappa shape index (κ3) is 4.43. The van der Waals surface area contributed by atoms with Crippen molar-refractivity contribution in [2.45, 2.75) is 24.3 Å². The molecule has 0 aliphatic heterocycles. The summed E-state index contributed by atoms with van der Waals surface area (Å²) >= 11 is 6.03. The van der Waals surface area contributed by atoms with Crippen molar-refractivity contribution in [1.29, 1.82) is 0 Å². The Kier molecular flexibility index (Phi) is 6.65. The first kappa shape index (κ1) is 18.0. The summed E-state index contributed by atoms with van der Waals surface area (Å²) in [5, 5.41) is 17.8. The summed E-state index contributed by atoms with van der Waals surface area (Å²) in [6.45, 7) is 1.29. The summed E-state index contributed by atoms with van der Waals surface area (Å²) in [6.07, 6.45) is 0.342. The second-order valence-electron chi connectivity index (χ2n) is 4.47. The van der Waals surface area contributed by atoms with Crippen molar-refractivity contribution in [1.82, 2.24) is 4.31 Å². The van der Waals surface area contributed by atoms with Crippen molar-refractivity contribution in [2.75, 3.05) is 20.3 Å². The highest BCUT2D eigenvalue weighted by Gasteiger charge is 2.27. The molecule has 0 spiro atoms. The number of rotatable bonds is 5. The first-order chi connectivity index (χ1) is 9.84. The van der Waals surface area contributed by atoms with Crippen LogP contribution in [0.3, 0.4) is 0 Å². The molecule has 1 aromatic carbocycles. The van der Waals surface area contributed by atoms with Gasteiger partial charge >= 0.3 is 0 Å². The molecule has 0 saturated heterocycles. The summed E-state index contributed by atoms with van der Waals surface area (Å²) in [4.78, 5) is -0.0281. The average Bonchev–Trinajstić information content (AvgIpc) is 2.45. The van der Waals surface area contributed by atoms with E-state index in [-0.39, 0.29) is 23.1 Å². The van der Waals surface area contributed by atoms with Gasteiger partial charge in [0.05, 0.1) is 18.2 Å². The number of aliphatic hydroxyl groups excluding tert-OH is 2. The van der Waals surface area contributed by atoms with E-state index < -0.39 is 16.1 Å². The highest BCUT2D eigenvalue weighted by molar-refractivity contribution is 7.89. The van der Waals surface area contributed by atoms with Gasteiger partial charge in [0.15, 0.2) is 0 Å². The predicted octanol–water partition coefficient (Wildman–Crippen LogP) is 1.08. The molecule has 2 N–H and O–H groups in total. The molecule has 0 heterocycles. The van der Waals surface area contributed by atoms with Gasteiger partial charge in [0.25, 0.3) is 0 Å². The van der Waals surface area contributed by atoms with Crippen molar-refractivity contribution < 1.29 is 18.6 Å². The maximum atomic E-state index is 12.4. The summed E-state index contributed by atoms with van der Waals surface area (Å²) in [5.74, 6) is 5.52. The normalized spacial score (nSPS) is 12.9. The van der Waals surface area contributed by atoms with Crippen LogP contribution in [0.2, 0.25) is 5.02 Å². The fourth-order valence-electron chi connectivity index (χ4n) is 1.52. The number of hydrogen-bond donors (Lipinski definition) is 2. The van der Waals surface area contributed by atoms with E-state index in [0.29, 0.717) is 12.0 Å². The number of likely N-dealkylation sites (N-methyl/N-ethyl adjacent to an activating group) is 1. The van der Waals surface area contributed by atoms with E-state index in [1.54, 1.807) is 13.0 Å². The van der Waals surface area contributed by atoms with Crippen LogP contribution in [0.4, 0.5) is 0 Å². The van der Waals surface area contributed by atoms with E-state index in [9.17, 15) is 8.42 Å². The van der Waals surface area contributed by atoms with Crippen LogP contribution in [0.15, 0.2) is 23.1 Å². The van der Waals surface area contributed by atoms with Gasteiger partial charge in [0.1, 0.15) is 4.90 Å². The fraction of sp³-hybridized carbons (Fsp3) is 0.429. The van der Waals surface area contributed by atoms with Gasteiger partial charge in [-0.1, -0.05) is 23.4 Å². The number of hydrogen-bond acceptors (Lipinski definition) is 4. The lowest BCUT2D eigenvalue weighted by atomic mass is 10.2. The number of sulfonamides is 1. The molecular formula is C14H18ClNO4S. The Labute approximate surface area is 130 Å². The van der Waals surface area contributed by atoms with Crippen molar-refractivity contribution in [3.05, 3.63) is 28.8 Å². The van der Waals surface area contributed by atoms with E-state index >= 15 is 0 Å². The minimum Gasteiger partial charge on any atom is -0.395 e. The molecule has 1 rings (SSSR count). The molecule has 0 amide bonds. The molecule has 21 heavy (non-hydrogen) atoms. The van der Waals surface area contributed by atoms with Crippen LogP contribution in [0.1, 0.15) is 18.9 Å². The zero-order chi connectivity index (χ0) is 16.0. The molecule has 1 unspecified atom stereocenters. The first-order valence-electron chi connectivity index (χ1n) is 6.32. The van der Waals surface area contributed by atoms with Crippen LogP contribution in [0.5, 0.6) is 0 Å². The minimum atomic E-state index is -3.77. The largest absolute Gasteiger partial charge is 0.395 e. The fourth-order valence-corrected chi connectivity index (χ4v) is 3.38. The maximum Gasteiger partial charge on any atom is 0.244 e. The van der Waals surface area contributed by atoms with Crippen LogP contribution in [0, 0.1) is 11.8 Å². The summed E-state index contributed by atoms with van der Waals surface area (Å²) < 4.78 is 25.8. The molecule has 0 aliphatic carbocycles. The van der Waals surface area contributed by atoms with Crippen LogP contribution in [0.25, 0.3) is 0 Å². The Morgan fingerprint density at radius 1 is 1.38 bits per heavy atom. The van der Waals surface area contributed by atoms with Crippen LogP contribution in [-0.4, -0.2) is 49.2 Å². The number of benzene rings is 1. The first-order valence-corrected chi connectivity index (χ1v) is 8.14. The molecule has 0 radical (unpaired) electrons. The van der Waals surface area contributed by atoms with Crippen molar-refractivity contribution in [3.63, 3.8) is 0 Å². The third-order valence-corrected chi connectivity index (χ3v) is 5.40. The second kappa shape index (κ2) is 7.78. The standard InChI is InChI=1S/C14H18ClNO4S/c1-11(10-18)16(2)21(19,20)14-7-6-12(9-13(14)15)5-3-4-8-17/h6-7,9,11,17-18H,4,8,10H2,1-2H3. The highest BCUT2D eigenvalue weighted by atomic mass is 35.5. The van der Waals surface area contributed by atoms with Crippen LogP contribution < -0.4 is 0 Å². The molecule has 0 bridgehead atoms. The quantitative estimate of drug-likeness (QED) is 0.791. The van der Waals surface area contributed by atoms with Crippen LogP contribution >= 0.6 is 11.6 Å². The Morgan fingerprint density at radius 3 is 2.57 bits per heavy atom. The molecule has 5 nitrogen and oxygen atoms in total. The topological polar surface area (TPSA) is 77.8 Å². The lowest BCUT2D eigenvalue weighted by molar-refractivity contribution is 0.214. The van der Waals surface area contributed by atoms with E-state index in [2.05, 4.69) is 11.8 Å². The Balaban J connectivity index is 3.13. The molecule has 7 heteroatoms. The molecule has 0 saturated carbocycles. The van der Waals surface area contributed by atoms with Gasteiger partial charge in [0.2, 0.25) is 10.0 Å². The number of nitrogens with zero attached hydrogens (tertiary/aromatic N) is 1. The second-order valence-corrected chi connectivity index (χ2v) is 6.85. The SMILES string of the molecule is CC(CO)N(C)S(=O)(=O)c1ccc(C#CCCO)cc1Cl. The van der Waals surface area contributed by atoms with Gasteiger partial charge in [-0.2, -0.15) is 4.31 Å². The Bertz CT molecular complexity index is 649. The Morgan fingerprint density at radius 2 is 2.05 bits per heavy atom. The molecule has 0 aliphatic rings. The van der Waals surface area contributed by atoms with Gasteiger partial charge in [-0.25, -0.2) is 8.42 Å². The van der Waals surface area contributed by atoms with Gasteiger partial charge in [0, 0.05) is 25.1 Å². The van der Waals surface area contributed by atoms with Crippen LogP contribution in [-0.2, 0) is 10.0 Å². The monoisotopic (exact) mass is 331 g/mol. The van der Waals surface area contributed by atoms with Gasteiger partial charge in [-0.15, -0.1) is 0 Å². The van der Waals surface area contributed by atoms with E-state index in [1.165, 1.54) is 19.2 Å². The van der Waals surface area contributed by atoms with E-state index in [4.69, 9.17) is 21.8 Å². The van der Waals surface area contributed by atoms with Gasteiger partial charge in [-0.3, -0.25) is 0 Å². The third-order valence-electron chi connectivity index (χ3n) is 2.94.